The predicted molar refractivity (Wildman–Crippen MR) is 62.7 cm³/mol. The van der Waals surface area contributed by atoms with Crippen LogP contribution >= 0.6 is 59.1 Å². The summed E-state index contributed by atoms with van der Waals surface area (Å²) in [7, 11) is 0. The van der Waals surface area contributed by atoms with Gasteiger partial charge in [-0.15, -0.1) is 11.3 Å². The highest BCUT2D eigenvalue weighted by Crippen LogP contribution is 2.33. The van der Waals surface area contributed by atoms with Gasteiger partial charge in [0.15, 0.2) is 3.92 Å². The Kier molecular flexibility index (Phi) is 2.56. The van der Waals surface area contributed by atoms with Crippen molar-refractivity contribution in [2.45, 2.75) is 0 Å². The maximum Gasteiger partial charge on any atom is 0.160 e. The molecule has 1 nitrogen and oxygen atoms in total. The lowest BCUT2D eigenvalue weighted by molar-refractivity contribution is 1.44. The van der Waals surface area contributed by atoms with Gasteiger partial charge in [-0.25, -0.2) is 4.98 Å². The average molecular weight is 372 g/mol. The van der Waals surface area contributed by atoms with Gasteiger partial charge in [-0.3, -0.25) is 0 Å². The largest absolute Gasteiger partial charge is 0.229 e. The van der Waals surface area contributed by atoms with Gasteiger partial charge in [0.1, 0.15) is 0 Å². The maximum atomic E-state index is 4.30. The van der Waals surface area contributed by atoms with Gasteiger partial charge in [-0.2, -0.15) is 0 Å². The maximum absolute atomic E-state index is 4.30. The second kappa shape index (κ2) is 3.36. The third-order valence-corrected chi connectivity index (χ3v) is 4.72. The van der Waals surface area contributed by atoms with Crippen LogP contribution in [0.1, 0.15) is 0 Å². The number of thiazole rings is 1. The first-order valence-electron chi connectivity index (χ1n) is 3.08. The molecule has 5 heteroatoms. The molecule has 0 aliphatic heterocycles. The van der Waals surface area contributed by atoms with Crippen LogP contribution in [0.5, 0.6) is 0 Å². The van der Waals surface area contributed by atoms with Crippen LogP contribution in [0.2, 0.25) is 0 Å². The minimum atomic E-state index is 0.919. The Morgan fingerprint density at radius 1 is 1.08 bits per heavy atom. The molecule has 1 heterocycles. The molecule has 0 bridgehead atoms. The van der Waals surface area contributed by atoms with Crippen molar-refractivity contribution in [3.05, 3.63) is 25.0 Å². The van der Waals surface area contributed by atoms with Crippen LogP contribution in [-0.2, 0) is 0 Å². The van der Waals surface area contributed by atoms with Crippen LogP contribution in [0.15, 0.2) is 25.0 Å². The lowest BCUT2D eigenvalue weighted by Gasteiger charge is -1.93. The molecule has 1 aromatic carbocycles. The molecule has 0 amide bonds. The van der Waals surface area contributed by atoms with E-state index < -0.39 is 0 Å². The highest BCUT2D eigenvalue weighted by molar-refractivity contribution is 9.13. The Balaban J connectivity index is 2.83. The van der Waals surface area contributed by atoms with E-state index in [2.05, 4.69) is 58.8 Å². The smallest absolute Gasteiger partial charge is 0.160 e. The molecule has 0 N–H and O–H groups in total. The molecule has 1 aromatic heterocycles. The van der Waals surface area contributed by atoms with E-state index >= 15 is 0 Å². The fraction of sp³-hybridized carbons (Fsp3) is 0. The molecule has 0 aliphatic carbocycles. The van der Waals surface area contributed by atoms with Gasteiger partial charge in [-0.05, 0) is 59.9 Å². The van der Waals surface area contributed by atoms with Crippen molar-refractivity contribution in [2.75, 3.05) is 0 Å². The van der Waals surface area contributed by atoms with Crippen molar-refractivity contribution < 1.29 is 0 Å². The Morgan fingerprint density at radius 2 is 1.75 bits per heavy atom. The minimum absolute atomic E-state index is 0.919. The summed E-state index contributed by atoms with van der Waals surface area (Å²) in [6.07, 6.45) is 0. The fourth-order valence-electron chi connectivity index (χ4n) is 0.895. The number of hydrogen-bond donors (Lipinski definition) is 0. The van der Waals surface area contributed by atoms with E-state index in [0.717, 1.165) is 18.4 Å². The monoisotopic (exact) mass is 369 g/mol. The molecule has 0 radical (unpaired) electrons. The van der Waals surface area contributed by atoms with Crippen LogP contribution in [0.4, 0.5) is 0 Å². The van der Waals surface area contributed by atoms with Crippen molar-refractivity contribution in [1.82, 2.24) is 4.98 Å². The van der Waals surface area contributed by atoms with E-state index in [-0.39, 0.29) is 0 Å². The molecular formula is C7H2Br3NS. The number of hydrogen-bond acceptors (Lipinski definition) is 2. The fourth-order valence-corrected chi connectivity index (χ4v) is 3.15. The van der Waals surface area contributed by atoms with Crippen molar-refractivity contribution >= 4 is 69.3 Å². The molecule has 0 aliphatic rings. The Morgan fingerprint density at radius 3 is 2.50 bits per heavy atom. The lowest BCUT2D eigenvalue weighted by atomic mass is 10.3. The first-order valence-corrected chi connectivity index (χ1v) is 6.27. The summed E-state index contributed by atoms with van der Waals surface area (Å²) >= 11 is 11.9. The van der Waals surface area contributed by atoms with E-state index in [4.69, 9.17) is 0 Å². The summed E-state index contributed by atoms with van der Waals surface area (Å²) in [5, 5.41) is 0. The molecule has 0 saturated heterocycles. The molecular weight excluding hydrogens is 370 g/mol. The summed E-state index contributed by atoms with van der Waals surface area (Å²) in [6, 6.07) is 4.06. The molecule has 0 spiro atoms. The van der Waals surface area contributed by atoms with Crippen LogP contribution in [-0.4, -0.2) is 4.98 Å². The van der Waals surface area contributed by atoms with Crippen molar-refractivity contribution in [3.8, 4) is 0 Å². The van der Waals surface area contributed by atoms with Crippen molar-refractivity contribution in [2.24, 2.45) is 0 Å². The van der Waals surface area contributed by atoms with Crippen LogP contribution < -0.4 is 0 Å². The molecule has 2 rings (SSSR count). The highest BCUT2D eigenvalue weighted by atomic mass is 79.9. The quantitative estimate of drug-likeness (QED) is 0.660. The van der Waals surface area contributed by atoms with Crippen molar-refractivity contribution in [1.29, 1.82) is 0 Å². The number of aromatic nitrogens is 1. The van der Waals surface area contributed by atoms with Crippen LogP contribution in [0.3, 0.4) is 0 Å². The summed E-state index contributed by atoms with van der Waals surface area (Å²) in [4.78, 5) is 4.30. The van der Waals surface area contributed by atoms with E-state index in [1.54, 1.807) is 11.3 Å². The molecule has 62 valence electrons. The molecule has 12 heavy (non-hydrogen) atoms. The van der Waals surface area contributed by atoms with Crippen LogP contribution in [0.25, 0.3) is 10.2 Å². The van der Waals surface area contributed by atoms with Crippen LogP contribution in [0, 0.1) is 0 Å². The normalized spacial score (nSPS) is 10.9. The Labute approximate surface area is 98.6 Å². The highest BCUT2D eigenvalue weighted by Gasteiger charge is 2.04. The zero-order chi connectivity index (χ0) is 8.72. The van der Waals surface area contributed by atoms with E-state index in [1.165, 1.54) is 4.70 Å². The number of benzene rings is 1. The lowest BCUT2D eigenvalue weighted by Crippen LogP contribution is -1.70. The van der Waals surface area contributed by atoms with Gasteiger partial charge in [0.05, 0.1) is 10.2 Å². The van der Waals surface area contributed by atoms with E-state index in [9.17, 15) is 0 Å². The van der Waals surface area contributed by atoms with E-state index in [0.29, 0.717) is 0 Å². The standard InChI is InChI=1S/C7H2Br3NS/c8-3-1-5-6(2-4(3)9)12-7(10)11-5/h1-2H. The summed E-state index contributed by atoms with van der Waals surface area (Å²) in [5.74, 6) is 0. The second-order valence-electron chi connectivity index (χ2n) is 2.20. The summed E-state index contributed by atoms with van der Waals surface area (Å²) in [6.45, 7) is 0. The SMILES string of the molecule is Brc1nc2cc(Br)c(Br)cc2s1. The molecule has 0 fully saturated rings. The van der Waals surface area contributed by atoms with Gasteiger partial charge in [0.25, 0.3) is 0 Å². The van der Waals surface area contributed by atoms with Crippen molar-refractivity contribution in [3.63, 3.8) is 0 Å². The van der Waals surface area contributed by atoms with Gasteiger partial charge in [0.2, 0.25) is 0 Å². The van der Waals surface area contributed by atoms with Gasteiger partial charge >= 0.3 is 0 Å². The Hall–Kier alpha value is 0.550. The van der Waals surface area contributed by atoms with Gasteiger partial charge in [-0.1, -0.05) is 0 Å². The van der Waals surface area contributed by atoms with Gasteiger partial charge < -0.3 is 0 Å². The number of nitrogens with zero attached hydrogens (tertiary/aromatic N) is 1. The second-order valence-corrected chi connectivity index (χ2v) is 6.22. The number of halogens is 3. The third-order valence-electron chi connectivity index (χ3n) is 1.40. The molecule has 2 aromatic rings. The topological polar surface area (TPSA) is 12.9 Å². The molecule has 0 unspecified atom stereocenters. The first kappa shape index (κ1) is 9.12. The molecule has 0 atom stereocenters. The predicted octanol–water partition coefficient (Wildman–Crippen LogP) is 4.58. The minimum Gasteiger partial charge on any atom is -0.229 e. The zero-order valence-electron chi connectivity index (χ0n) is 5.64. The van der Waals surface area contributed by atoms with E-state index in [1.807, 2.05) is 6.07 Å². The Bertz CT molecular complexity index is 398. The molecule has 0 saturated carbocycles. The zero-order valence-corrected chi connectivity index (χ0v) is 11.2. The summed E-state index contributed by atoms with van der Waals surface area (Å²) < 4.78 is 4.19. The van der Waals surface area contributed by atoms with Gasteiger partial charge in [0, 0.05) is 8.95 Å². The number of fused-ring (bicyclic) bond motifs is 1. The third kappa shape index (κ3) is 1.60. The first-order chi connectivity index (χ1) is 5.66. The summed E-state index contributed by atoms with van der Waals surface area (Å²) in [5.41, 5.74) is 1.02. The number of rotatable bonds is 0. The average Bonchev–Trinajstić information content (AvgIpc) is 2.30.